The van der Waals surface area contributed by atoms with E-state index in [1.165, 1.54) is 39.0 Å². The summed E-state index contributed by atoms with van der Waals surface area (Å²) in [4.78, 5) is 31.5. The highest BCUT2D eigenvalue weighted by Gasteiger charge is 2.60. The third kappa shape index (κ3) is 9.12. The summed E-state index contributed by atoms with van der Waals surface area (Å²) >= 11 is 0. The van der Waals surface area contributed by atoms with Crippen LogP contribution in [0, 0.1) is 45.3 Å². The number of nitrogens with one attached hydrogen (secondary N) is 4. The lowest BCUT2D eigenvalue weighted by Crippen LogP contribution is -2.54. The van der Waals surface area contributed by atoms with Gasteiger partial charge in [0.2, 0.25) is 5.91 Å². The predicted molar refractivity (Wildman–Crippen MR) is 192 cm³/mol. The second-order valence-electron chi connectivity index (χ2n) is 14.6. The molecule has 0 bridgehead atoms. The molecule has 13 nitrogen and oxygen atoms in total. The molecule has 4 aliphatic rings. The summed E-state index contributed by atoms with van der Waals surface area (Å²) in [6.07, 6.45) is 10.0. The molecule has 6 rings (SSSR count). The smallest absolute Gasteiger partial charge is 0.322 e. The van der Waals surface area contributed by atoms with Crippen molar-refractivity contribution in [2.24, 2.45) is 56.3 Å². The number of amidine groups is 2. The van der Waals surface area contributed by atoms with Crippen molar-refractivity contribution < 1.29 is 24.6 Å². The van der Waals surface area contributed by atoms with E-state index in [0.29, 0.717) is 33.9 Å². The SMILES string of the molecule is CC(=O)NCC(=O)O.C[C@]12CCC(=O)C[C@@H]1CC[C@@H]1[C@@H]2CC[C@]2(C)[C@@H](O)CC[C@@H]12.N=C(N)c1ccc(N=NNc2ccc(C(=N)N)cc2)cc1. The topological polar surface area (TPSA) is 240 Å². The molecule has 0 spiro atoms. The first-order chi connectivity index (χ1) is 23.6. The van der Waals surface area contributed by atoms with Crippen LogP contribution in [-0.4, -0.2) is 52.2 Å². The maximum absolute atomic E-state index is 11.9. The molecule has 7 atom stereocenters. The molecule has 4 fully saturated rings. The monoisotopic (exact) mass is 688 g/mol. The van der Waals surface area contributed by atoms with Crippen LogP contribution in [0.3, 0.4) is 0 Å². The molecule has 4 aliphatic carbocycles. The van der Waals surface area contributed by atoms with Crippen LogP contribution in [0.2, 0.25) is 0 Å². The second-order valence-corrected chi connectivity index (χ2v) is 14.6. The summed E-state index contributed by atoms with van der Waals surface area (Å²) in [7, 11) is 0. The molecule has 2 aromatic carbocycles. The van der Waals surface area contributed by atoms with Crippen LogP contribution in [0.25, 0.3) is 0 Å². The number of rotatable bonds is 7. The van der Waals surface area contributed by atoms with Crippen molar-refractivity contribution in [1.29, 1.82) is 10.8 Å². The maximum Gasteiger partial charge on any atom is 0.322 e. The zero-order valence-electron chi connectivity index (χ0n) is 29.2. The van der Waals surface area contributed by atoms with E-state index in [2.05, 4.69) is 34.9 Å². The van der Waals surface area contributed by atoms with Crippen molar-refractivity contribution in [1.82, 2.24) is 5.32 Å². The van der Waals surface area contributed by atoms with Gasteiger partial charge in [-0.2, -0.15) is 0 Å². The number of hydrogen-bond donors (Lipinski definition) is 8. The molecule has 270 valence electrons. The number of anilines is 1. The predicted octanol–water partition coefficient (Wildman–Crippen LogP) is 5.53. The Balaban J connectivity index is 0.000000186. The van der Waals surface area contributed by atoms with Gasteiger partial charge in [-0.3, -0.25) is 30.6 Å². The normalized spacial score (nSPS) is 29.4. The molecular formula is C37H52N8O5. The van der Waals surface area contributed by atoms with Crippen molar-refractivity contribution in [2.75, 3.05) is 12.0 Å². The van der Waals surface area contributed by atoms with Gasteiger partial charge in [-0.25, -0.2) is 0 Å². The van der Waals surface area contributed by atoms with Crippen molar-refractivity contribution in [3.05, 3.63) is 59.7 Å². The molecular weight excluding hydrogens is 636 g/mol. The summed E-state index contributed by atoms with van der Waals surface area (Å²) in [6, 6.07) is 13.8. The lowest BCUT2D eigenvalue weighted by molar-refractivity contribution is -0.142. The number of benzene rings is 2. The number of ketones is 1. The highest BCUT2D eigenvalue weighted by atomic mass is 16.4. The summed E-state index contributed by atoms with van der Waals surface area (Å²) < 4.78 is 0. The average Bonchev–Trinajstić information content (AvgIpc) is 3.39. The number of nitrogens with two attached hydrogens (primary N) is 2. The lowest BCUT2D eigenvalue weighted by Gasteiger charge is -2.60. The zero-order chi connectivity index (χ0) is 36.6. The van der Waals surface area contributed by atoms with Gasteiger partial charge in [-0.15, -0.1) is 5.11 Å². The number of aliphatic hydroxyl groups excluding tert-OH is 1. The molecule has 13 heteroatoms. The third-order valence-electron chi connectivity index (χ3n) is 11.6. The third-order valence-corrected chi connectivity index (χ3v) is 11.6. The number of hydrogen-bond acceptors (Lipinski definition) is 8. The van der Waals surface area contributed by atoms with Crippen LogP contribution < -0.4 is 22.2 Å². The van der Waals surface area contributed by atoms with Crippen LogP contribution in [0.15, 0.2) is 58.9 Å². The minimum absolute atomic E-state index is 0.0159. The number of nitrogens with zero attached hydrogens (tertiary/aromatic N) is 2. The summed E-state index contributed by atoms with van der Waals surface area (Å²) in [5, 5.41) is 43.0. The number of carbonyl (C=O) groups excluding carboxylic acids is 2. The van der Waals surface area contributed by atoms with Gasteiger partial charge in [-0.05, 0) is 128 Å². The summed E-state index contributed by atoms with van der Waals surface area (Å²) in [5.41, 5.74) is 16.8. The molecule has 4 saturated carbocycles. The number of amides is 1. The Bertz CT molecular complexity index is 1570. The van der Waals surface area contributed by atoms with E-state index in [1.807, 2.05) is 0 Å². The molecule has 0 radical (unpaired) electrons. The van der Waals surface area contributed by atoms with E-state index in [-0.39, 0.29) is 35.6 Å². The van der Waals surface area contributed by atoms with E-state index in [4.69, 9.17) is 27.4 Å². The van der Waals surface area contributed by atoms with Crippen LogP contribution in [0.5, 0.6) is 0 Å². The molecule has 0 unspecified atom stereocenters. The molecule has 10 N–H and O–H groups in total. The highest BCUT2D eigenvalue weighted by molar-refractivity contribution is 5.95. The number of carboxylic acids is 1. The fraction of sp³-hybridized carbons (Fsp3) is 0.541. The first kappa shape index (κ1) is 38.2. The van der Waals surface area contributed by atoms with Crippen molar-refractivity contribution in [3.63, 3.8) is 0 Å². The Morgan fingerprint density at radius 2 is 1.48 bits per heavy atom. The molecule has 0 aliphatic heterocycles. The van der Waals surface area contributed by atoms with Crippen LogP contribution in [0.1, 0.15) is 89.7 Å². The maximum atomic E-state index is 11.9. The molecule has 2 aromatic rings. The van der Waals surface area contributed by atoms with E-state index in [0.717, 1.165) is 49.1 Å². The fourth-order valence-corrected chi connectivity index (χ4v) is 8.79. The van der Waals surface area contributed by atoms with Gasteiger partial charge in [0.25, 0.3) is 0 Å². The molecule has 1 amide bonds. The lowest BCUT2D eigenvalue weighted by atomic mass is 9.45. The van der Waals surface area contributed by atoms with E-state index < -0.39 is 5.97 Å². The van der Waals surface area contributed by atoms with Gasteiger partial charge in [0.1, 0.15) is 24.0 Å². The molecule has 0 aromatic heterocycles. The van der Waals surface area contributed by atoms with Gasteiger partial charge >= 0.3 is 5.97 Å². The van der Waals surface area contributed by atoms with Crippen molar-refractivity contribution >= 4 is 40.7 Å². The molecule has 0 heterocycles. The number of aliphatic hydroxyl groups is 1. The highest BCUT2D eigenvalue weighted by Crippen LogP contribution is 2.65. The Hall–Kier alpha value is -4.65. The molecule has 50 heavy (non-hydrogen) atoms. The minimum atomic E-state index is -1.03. The fourth-order valence-electron chi connectivity index (χ4n) is 8.79. The number of Topliss-reactive ketones (excluding diaryl/α,β-unsaturated/α-hetero) is 1. The van der Waals surface area contributed by atoms with Gasteiger partial charge in [-0.1, -0.05) is 19.1 Å². The van der Waals surface area contributed by atoms with E-state index in [1.54, 1.807) is 48.5 Å². The van der Waals surface area contributed by atoms with Crippen LogP contribution in [0.4, 0.5) is 11.4 Å². The van der Waals surface area contributed by atoms with Crippen molar-refractivity contribution in [2.45, 2.75) is 84.7 Å². The Kier molecular flexibility index (Phi) is 12.5. The first-order valence-electron chi connectivity index (χ1n) is 17.4. The zero-order valence-corrected chi connectivity index (χ0v) is 29.2. The van der Waals surface area contributed by atoms with Gasteiger partial charge in [0, 0.05) is 30.9 Å². The van der Waals surface area contributed by atoms with Crippen molar-refractivity contribution in [3.8, 4) is 0 Å². The van der Waals surface area contributed by atoms with Crippen LogP contribution >= 0.6 is 0 Å². The number of nitrogen functional groups attached to an aromatic ring is 2. The number of fused-ring (bicyclic) bond motifs is 5. The van der Waals surface area contributed by atoms with Gasteiger partial charge in [0.15, 0.2) is 0 Å². The quantitative estimate of drug-likeness (QED) is 0.0794. The van der Waals surface area contributed by atoms with E-state index >= 15 is 0 Å². The van der Waals surface area contributed by atoms with Gasteiger partial charge in [0.05, 0.1) is 17.5 Å². The minimum Gasteiger partial charge on any atom is -0.480 e. The van der Waals surface area contributed by atoms with Gasteiger partial charge < -0.3 is 27.0 Å². The number of carbonyl (C=O) groups is 3. The standard InChI is InChI=1S/C19H30O2.C14H15N7.C4H7NO3/c1-18-9-7-13(20)11-12(18)3-4-14-15-5-6-17(21)19(15,2)10-8-16(14)18;15-13(16)9-1-5-11(6-2-9)19-21-20-12-7-3-10(4-8-12)14(17)18;1-3(6)5-2-4(7)8/h12,14-17,21H,3-11H2,1-2H3;1-8H,(H3,15,16)(H3,17,18)(H,19,20);2H2,1H3,(H,5,6)(H,7,8)/t12-,14-,15-,16-,17-,18-,19-;;/m0../s1. The summed E-state index contributed by atoms with van der Waals surface area (Å²) in [5.74, 6) is 2.21. The Morgan fingerprint density at radius 3 is 2.04 bits per heavy atom. The largest absolute Gasteiger partial charge is 0.480 e. The Morgan fingerprint density at radius 1 is 0.880 bits per heavy atom. The summed E-state index contributed by atoms with van der Waals surface area (Å²) in [6.45, 7) is 5.82. The number of carboxylic acid groups (broad SMARTS) is 1. The molecule has 0 saturated heterocycles. The first-order valence-corrected chi connectivity index (χ1v) is 17.4. The second kappa shape index (κ2) is 16.4. The average molecular weight is 689 g/mol. The van der Waals surface area contributed by atoms with Crippen LogP contribution in [-0.2, 0) is 14.4 Å². The van der Waals surface area contributed by atoms with E-state index in [9.17, 15) is 19.5 Å². The Labute approximate surface area is 293 Å². The number of aliphatic carboxylic acids is 1.